The van der Waals surface area contributed by atoms with E-state index < -0.39 is 22.0 Å². The number of sulfonamides is 1. The molecule has 1 unspecified atom stereocenters. The zero-order valence-electron chi connectivity index (χ0n) is 12.5. The van der Waals surface area contributed by atoms with E-state index in [1.54, 1.807) is 30.5 Å². The van der Waals surface area contributed by atoms with Gasteiger partial charge in [0, 0.05) is 12.6 Å². The number of amides is 1. The van der Waals surface area contributed by atoms with Gasteiger partial charge in [0.15, 0.2) is 6.10 Å². The summed E-state index contributed by atoms with van der Waals surface area (Å²) >= 11 is 0. The molecule has 1 aromatic carbocycles. The molecule has 1 atom stereocenters. The molecule has 1 aromatic heterocycles. The number of carbonyl (C=O) groups excluding carboxylic acids is 1. The molecule has 2 aliphatic heterocycles. The number of hydrogen-bond acceptors (Lipinski definition) is 6. The third kappa shape index (κ3) is 2.26. The lowest BCUT2D eigenvalue weighted by molar-refractivity contribution is 0.0599. The lowest BCUT2D eigenvalue weighted by Crippen LogP contribution is -2.37. The molecule has 7 nitrogen and oxygen atoms in total. The first-order chi connectivity index (χ1) is 11.6. The second-order valence-corrected chi connectivity index (χ2v) is 7.35. The number of carbonyl (C=O) groups is 1. The first-order valence-corrected chi connectivity index (χ1v) is 8.81. The Morgan fingerprint density at radius 3 is 2.71 bits per heavy atom. The molecule has 2 aromatic rings. The van der Waals surface area contributed by atoms with Gasteiger partial charge in [0.1, 0.15) is 10.6 Å². The number of oxime groups is 1. The van der Waals surface area contributed by atoms with Gasteiger partial charge in [0.05, 0.1) is 17.8 Å². The molecular weight excluding hydrogens is 330 g/mol. The van der Waals surface area contributed by atoms with Crippen LogP contribution >= 0.6 is 0 Å². The quantitative estimate of drug-likeness (QED) is 0.841. The van der Waals surface area contributed by atoms with Gasteiger partial charge in [-0.05, 0) is 24.3 Å². The summed E-state index contributed by atoms with van der Waals surface area (Å²) in [6.45, 7) is -0.0737. The van der Waals surface area contributed by atoms with Crippen molar-refractivity contribution >= 4 is 21.6 Å². The fraction of sp³-hybridized carbons (Fsp3) is 0.188. The molecule has 0 saturated carbocycles. The minimum absolute atomic E-state index is 0.0406. The number of nitrogens with zero attached hydrogens (tertiary/aromatic N) is 3. The molecule has 2 aliphatic rings. The van der Waals surface area contributed by atoms with Gasteiger partial charge >= 0.3 is 0 Å². The van der Waals surface area contributed by atoms with E-state index in [1.165, 1.54) is 12.1 Å². The van der Waals surface area contributed by atoms with Crippen molar-refractivity contribution in [2.45, 2.75) is 17.4 Å². The van der Waals surface area contributed by atoms with Crippen LogP contribution in [0.15, 0.2) is 58.7 Å². The second-order valence-electron chi connectivity index (χ2n) is 5.52. The van der Waals surface area contributed by atoms with Crippen LogP contribution in [0.5, 0.6) is 0 Å². The molecule has 24 heavy (non-hydrogen) atoms. The van der Waals surface area contributed by atoms with E-state index in [2.05, 4.69) is 10.1 Å². The summed E-state index contributed by atoms with van der Waals surface area (Å²) in [5.41, 5.74) is 1.52. The molecule has 122 valence electrons. The topological polar surface area (TPSA) is 88.9 Å². The predicted molar refractivity (Wildman–Crippen MR) is 84.9 cm³/mol. The Morgan fingerprint density at radius 2 is 1.96 bits per heavy atom. The molecule has 0 spiro atoms. The Hall–Kier alpha value is -2.74. The van der Waals surface area contributed by atoms with Crippen molar-refractivity contribution in [2.24, 2.45) is 5.16 Å². The van der Waals surface area contributed by atoms with Crippen molar-refractivity contribution in [3.05, 3.63) is 59.9 Å². The average Bonchev–Trinajstić information content (AvgIpc) is 3.14. The van der Waals surface area contributed by atoms with E-state index in [-0.39, 0.29) is 17.0 Å². The fourth-order valence-electron chi connectivity index (χ4n) is 2.81. The number of benzene rings is 1. The maximum Gasteiger partial charge on any atom is 0.269 e. The maximum absolute atomic E-state index is 12.5. The van der Waals surface area contributed by atoms with Gasteiger partial charge in [-0.1, -0.05) is 23.4 Å². The van der Waals surface area contributed by atoms with Crippen molar-refractivity contribution in [1.82, 2.24) is 9.29 Å². The van der Waals surface area contributed by atoms with Crippen molar-refractivity contribution in [3.63, 3.8) is 0 Å². The summed E-state index contributed by atoms with van der Waals surface area (Å²) in [6.07, 6.45) is 1.53. The highest BCUT2D eigenvalue weighted by Gasteiger charge is 2.43. The molecule has 8 heteroatoms. The zero-order valence-corrected chi connectivity index (χ0v) is 13.3. The number of pyridine rings is 1. The zero-order chi connectivity index (χ0) is 16.7. The Kier molecular flexibility index (Phi) is 3.34. The lowest BCUT2D eigenvalue weighted by atomic mass is 10.1. The summed E-state index contributed by atoms with van der Waals surface area (Å²) in [6, 6.07) is 11.6. The molecule has 0 radical (unpaired) electrons. The van der Waals surface area contributed by atoms with E-state index in [1.807, 2.05) is 6.07 Å². The van der Waals surface area contributed by atoms with Crippen molar-refractivity contribution < 1.29 is 18.0 Å². The second kappa shape index (κ2) is 5.41. The smallest absolute Gasteiger partial charge is 0.269 e. The van der Waals surface area contributed by atoms with Crippen LogP contribution < -0.4 is 0 Å². The van der Waals surface area contributed by atoms with Crippen LogP contribution in [-0.2, 0) is 14.9 Å². The molecule has 0 saturated heterocycles. The van der Waals surface area contributed by atoms with Gasteiger partial charge in [-0.3, -0.25) is 9.78 Å². The SMILES string of the molecule is O=C1c2ccccc2S(=O)(=O)N1CC1CC(c2ccccn2)=NO1. The van der Waals surface area contributed by atoms with Crippen LogP contribution in [0.2, 0.25) is 0 Å². The summed E-state index contributed by atoms with van der Waals surface area (Å²) in [5.74, 6) is -0.527. The highest BCUT2D eigenvalue weighted by atomic mass is 32.2. The number of hydrogen-bond donors (Lipinski definition) is 0. The first kappa shape index (κ1) is 14.8. The molecule has 4 rings (SSSR count). The summed E-state index contributed by atoms with van der Waals surface area (Å²) in [4.78, 5) is 21.9. The Balaban J connectivity index is 1.53. The fourth-order valence-corrected chi connectivity index (χ4v) is 4.41. The van der Waals surface area contributed by atoms with Crippen LogP contribution in [-0.4, -0.2) is 42.0 Å². The largest absolute Gasteiger partial charge is 0.390 e. The maximum atomic E-state index is 12.5. The molecular formula is C16H13N3O4S. The van der Waals surface area contributed by atoms with Crippen LogP contribution in [0, 0.1) is 0 Å². The standard InChI is InChI=1S/C16H13N3O4S/c20-16-12-5-1-2-7-15(12)24(21,22)19(16)10-11-9-14(18-23-11)13-6-3-4-8-17-13/h1-8,11H,9-10H2. The van der Waals surface area contributed by atoms with Crippen LogP contribution in [0.25, 0.3) is 0 Å². The number of rotatable bonds is 3. The monoisotopic (exact) mass is 343 g/mol. The van der Waals surface area contributed by atoms with Crippen LogP contribution in [0.4, 0.5) is 0 Å². The Labute approximate surface area is 138 Å². The van der Waals surface area contributed by atoms with E-state index in [9.17, 15) is 13.2 Å². The summed E-state index contributed by atoms with van der Waals surface area (Å²) in [7, 11) is -3.83. The summed E-state index contributed by atoms with van der Waals surface area (Å²) < 4.78 is 25.9. The van der Waals surface area contributed by atoms with Crippen molar-refractivity contribution in [1.29, 1.82) is 0 Å². The molecule has 3 heterocycles. The van der Waals surface area contributed by atoms with Gasteiger partial charge in [-0.2, -0.15) is 0 Å². The lowest BCUT2D eigenvalue weighted by Gasteiger charge is -2.18. The minimum atomic E-state index is -3.83. The van der Waals surface area contributed by atoms with Gasteiger partial charge < -0.3 is 4.84 Å². The van der Waals surface area contributed by atoms with Gasteiger partial charge in [-0.15, -0.1) is 0 Å². The molecule has 0 aliphatic carbocycles. The highest BCUT2D eigenvalue weighted by molar-refractivity contribution is 7.90. The molecule has 0 N–H and O–H groups in total. The number of aromatic nitrogens is 1. The van der Waals surface area contributed by atoms with Gasteiger partial charge in [0.2, 0.25) is 0 Å². The normalized spacial score (nSPS) is 21.3. The van der Waals surface area contributed by atoms with Crippen LogP contribution in [0.1, 0.15) is 22.5 Å². The first-order valence-electron chi connectivity index (χ1n) is 7.37. The van der Waals surface area contributed by atoms with E-state index in [0.29, 0.717) is 17.8 Å². The van der Waals surface area contributed by atoms with Crippen LogP contribution in [0.3, 0.4) is 0 Å². The van der Waals surface area contributed by atoms with E-state index in [4.69, 9.17) is 4.84 Å². The molecule has 1 amide bonds. The van der Waals surface area contributed by atoms with Gasteiger partial charge in [0.25, 0.3) is 15.9 Å². The third-order valence-corrected chi connectivity index (χ3v) is 5.78. The minimum Gasteiger partial charge on any atom is -0.390 e. The van der Waals surface area contributed by atoms with E-state index >= 15 is 0 Å². The van der Waals surface area contributed by atoms with Gasteiger partial charge in [-0.25, -0.2) is 12.7 Å². The molecule has 0 fully saturated rings. The Morgan fingerprint density at radius 1 is 1.17 bits per heavy atom. The number of fused-ring (bicyclic) bond motifs is 1. The van der Waals surface area contributed by atoms with Crippen molar-refractivity contribution in [3.8, 4) is 0 Å². The highest BCUT2D eigenvalue weighted by Crippen LogP contribution is 2.31. The van der Waals surface area contributed by atoms with Crippen molar-refractivity contribution in [2.75, 3.05) is 6.54 Å². The third-order valence-electron chi connectivity index (χ3n) is 3.98. The molecule has 0 bridgehead atoms. The Bertz CT molecular complexity index is 941. The van der Waals surface area contributed by atoms with E-state index in [0.717, 1.165) is 4.31 Å². The summed E-state index contributed by atoms with van der Waals surface area (Å²) in [5, 5.41) is 3.97. The predicted octanol–water partition coefficient (Wildman–Crippen LogP) is 1.42. The average molecular weight is 343 g/mol.